The summed E-state index contributed by atoms with van der Waals surface area (Å²) >= 11 is 0. The average molecular weight is 374 g/mol. The Hall–Kier alpha value is -1.64. The highest BCUT2D eigenvalue weighted by Crippen LogP contribution is 2.10. The third-order valence-electron chi connectivity index (χ3n) is 4.75. The van der Waals surface area contributed by atoms with Crippen LogP contribution in [0.25, 0.3) is 0 Å². The Labute approximate surface area is 166 Å². The second-order valence-corrected chi connectivity index (χ2v) is 7.32. The van der Waals surface area contributed by atoms with Crippen LogP contribution in [0.3, 0.4) is 0 Å². The number of hydrogen-bond donors (Lipinski definition) is 0. The van der Waals surface area contributed by atoms with E-state index >= 15 is 0 Å². The average Bonchev–Trinajstić information content (AvgIpc) is 2.70. The Bertz CT molecular complexity index is 484. The Kier molecular flexibility index (Phi) is 15.4. The van der Waals surface area contributed by atoms with Gasteiger partial charge in [0.15, 0.2) is 0 Å². The summed E-state index contributed by atoms with van der Waals surface area (Å²) in [6.45, 7) is 2.55. The minimum Gasteiger partial charge on any atom is -0.459 e. The van der Waals surface area contributed by atoms with E-state index in [9.17, 15) is 4.79 Å². The van der Waals surface area contributed by atoms with Gasteiger partial charge in [0.1, 0.15) is 6.61 Å². The Morgan fingerprint density at radius 2 is 1.52 bits per heavy atom. The van der Waals surface area contributed by atoms with Gasteiger partial charge in [0, 0.05) is 12.6 Å². The number of carbonyl (C=O) groups is 1. The molecule has 0 radical (unpaired) electrons. The van der Waals surface area contributed by atoms with Crippen LogP contribution in [0.15, 0.2) is 36.5 Å². The standard InChI is InChI=1S/C24H39NO2/c1-2-3-4-5-6-7-8-9-10-11-12-13-14-15-16-20-24(26)27-22-23-19-17-18-21-25-23/h9-10,17-19,21H,2-8,11-16,20,22H2,1H3. The van der Waals surface area contributed by atoms with Gasteiger partial charge < -0.3 is 4.74 Å². The summed E-state index contributed by atoms with van der Waals surface area (Å²) < 4.78 is 5.24. The zero-order valence-corrected chi connectivity index (χ0v) is 17.3. The van der Waals surface area contributed by atoms with Gasteiger partial charge in [-0.3, -0.25) is 9.78 Å². The number of ether oxygens (including phenoxy) is 1. The molecule has 0 saturated heterocycles. The zero-order valence-electron chi connectivity index (χ0n) is 17.3. The van der Waals surface area contributed by atoms with Crippen molar-refractivity contribution in [2.75, 3.05) is 0 Å². The number of hydrogen-bond acceptors (Lipinski definition) is 3. The first-order chi connectivity index (χ1) is 13.3. The fraction of sp³-hybridized carbons (Fsp3) is 0.667. The number of nitrogens with zero attached hydrogens (tertiary/aromatic N) is 1. The van der Waals surface area contributed by atoms with E-state index in [2.05, 4.69) is 24.1 Å². The van der Waals surface area contributed by atoms with Crippen LogP contribution in [0.1, 0.15) is 103 Å². The minimum atomic E-state index is -0.113. The van der Waals surface area contributed by atoms with E-state index in [0.29, 0.717) is 6.42 Å². The SMILES string of the molecule is CCCCCCCCC=CCCCCCCCC(=O)OCc1ccccn1. The van der Waals surface area contributed by atoms with Gasteiger partial charge in [-0.2, -0.15) is 0 Å². The molecule has 27 heavy (non-hydrogen) atoms. The van der Waals surface area contributed by atoms with Crippen LogP contribution in [0.2, 0.25) is 0 Å². The number of allylic oxidation sites excluding steroid dienone is 2. The second kappa shape index (κ2) is 17.8. The molecule has 0 aromatic carbocycles. The Balaban J connectivity index is 1.82. The van der Waals surface area contributed by atoms with E-state index in [1.807, 2.05) is 18.2 Å². The number of carbonyl (C=O) groups excluding carboxylic acids is 1. The molecule has 0 N–H and O–H groups in total. The van der Waals surface area contributed by atoms with E-state index in [0.717, 1.165) is 18.5 Å². The van der Waals surface area contributed by atoms with E-state index in [-0.39, 0.29) is 12.6 Å². The number of pyridine rings is 1. The maximum Gasteiger partial charge on any atom is 0.306 e. The highest BCUT2D eigenvalue weighted by molar-refractivity contribution is 5.69. The van der Waals surface area contributed by atoms with Crippen LogP contribution in [0.5, 0.6) is 0 Å². The summed E-state index contributed by atoms with van der Waals surface area (Å²) in [5.41, 5.74) is 0.801. The normalized spacial score (nSPS) is 11.1. The molecule has 0 spiro atoms. The lowest BCUT2D eigenvalue weighted by Gasteiger charge is -2.04. The second-order valence-electron chi connectivity index (χ2n) is 7.32. The highest BCUT2D eigenvalue weighted by atomic mass is 16.5. The van der Waals surface area contributed by atoms with Crippen LogP contribution >= 0.6 is 0 Å². The minimum absolute atomic E-state index is 0.113. The van der Waals surface area contributed by atoms with Crippen molar-refractivity contribution in [3.8, 4) is 0 Å². The summed E-state index contributed by atoms with van der Waals surface area (Å²) in [5, 5.41) is 0. The quantitative estimate of drug-likeness (QED) is 0.165. The first-order valence-electron chi connectivity index (χ1n) is 11.0. The fourth-order valence-corrected chi connectivity index (χ4v) is 3.05. The van der Waals surface area contributed by atoms with Gasteiger partial charge >= 0.3 is 5.97 Å². The molecule has 1 aromatic heterocycles. The topological polar surface area (TPSA) is 39.2 Å². The van der Waals surface area contributed by atoms with Gasteiger partial charge in [0.05, 0.1) is 5.69 Å². The molecular formula is C24H39NO2. The van der Waals surface area contributed by atoms with Gasteiger partial charge in [0.25, 0.3) is 0 Å². The van der Waals surface area contributed by atoms with Crippen molar-refractivity contribution < 1.29 is 9.53 Å². The lowest BCUT2D eigenvalue weighted by Crippen LogP contribution is -2.05. The van der Waals surface area contributed by atoms with Gasteiger partial charge in [-0.15, -0.1) is 0 Å². The molecule has 1 heterocycles. The molecule has 0 unspecified atom stereocenters. The van der Waals surface area contributed by atoms with Crippen molar-refractivity contribution in [1.29, 1.82) is 0 Å². The molecule has 152 valence electrons. The van der Waals surface area contributed by atoms with E-state index in [4.69, 9.17) is 4.74 Å². The van der Waals surface area contributed by atoms with Gasteiger partial charge in [-0.1, -0.05) is 76.5 Å². The predicted molar refractivity (Wildman–Crippen MR) is 113 cm³/mol. The van der Waals surface area contributed by atoms with Crippen LogP contribution in [0.4, 0.5) is 0 Å². The predicted octanol–water partition coefficient (Wildman–Crippen LogP) is 7.16. The molecule has 0 aliphatic rings. The smallest absolute Gasteiger partial charge is 0.306 e. The maximum atomic E-state index is 11.7. The van der Waals surface area contributed by atoms with E-state index in [1.54, 1.807) is 6.20 Å². The summed E-state index contributed by atoms with van der Waals surface area (Å²) in [6.07, 6.45) is 23.4. The van der Waals surface area contributed by atoms with Gasteiger partial charge in [-0.05, 0) is 44.2 Å². The molecule has 0 bridgehead atoms. The molecule has 3 nitrogen and oxygen atoms in total. The molecule has 0 aliphatic heterocycles. The number of esters is 1. The third kappa shape index (κ3) is 15.1. The summed E-state index contributed by atoms with van der Waals surface area (Å²) in [4.78, 5) is 15.8. The van der Waals surface area contributed by atoms with Crippen molar-refractivity contribution >= 4 is 5.97 Å². The van der Waals surface area contributed by atoms with Crippen LogP contribution in [-0.2, 0) is 16.1 Å². The largest absolute Gasteiger partial charge is 0.459 e. The van der Waals surface area contributed by atoms with Crippen molar-refractivity contribution in [3.63, 3.8) is 0 Å². The lowest BCUT2D eigenvalue weighted by molar-refractivity contribution is -0.145. The lowest BCUT2D eigenvalue weighted by atomic mass is 10.1. The fourth-order valence-electron chi connectivity index (χ4n) is 3.05. The molecule has 0 amide bonds. The molecule has 0 saturated carbocycles. The summed E-state index contributed by atoms with van der Waals surface area (Å²) in [6, 6.07) is 5.63. The monoisotopic (exact) mass is 373 g/mol. The summed E-state index contributed by atoms with van der Waals surface area (Å²) in [5.74, 6) is -0.113. The Morgan fingerprint density at radius 3 is 2.15 bits per heavy atom. The van der Waals surface area contributed by atoms with Gasteiger partial charge in [0.2, 0.25) is 0 Å². The highest BCUT2D eigenvalue weighted by Gasteiger charge is 2.03. The third-order valence-corrected chi connectivity index (χ3v) is 4.75. The molecule has 3 heteroatoms. The number of rotatable bonds is 17. The van der Waals surface area contributed by atoms with Crippen molar-refractivity contribution in [1.82, 2.24) is 4.98 Å². The van der Waals surface area contributed by atoms with Gasteiger partial charge in [-0.25, -0.2) is 0 Å². The van der Waals surface area contributed by atoms with E-state index in [1.165, 1.54) is 70.6 Å². The summed E-state index contributed by atoms with van der Waals surface area (Å²) in [7, 11) is 0. The Morgan fingerprint density at radius 1 is 0.889 bits per heavy atom. The molecule has 0 fully saturated rings. The molecular weight excluding hydrogens is 334 g/mol. The first-order valence-corrected chi connectivity index (χ1v) is 11.0. The van der Waals surface area contributed by atoms with Crippen LogP contribution < -0.4 is 0 Å². The number of unbranched alkanes of at least 4 members (excludes halogenated alkanes) is 11. The van der Waals surface area contributed by atoms with Crippen molar-refractivity contribution in [2.45, 2.75) is 103 Å². The molecule has 1 aromatic rings. The molecule has 0 aliphatic carbocycles. The molecule has 1 rings (SSSR count). The van der Waals surface area contributed by atoms with Crippen LogP contribution in [0, 0.1) is 0 Å². The van der Waals surface area contributed by atoms with Crippen LogP contribution in [-0.4, -0.2) is 11.0 Å². The maximum absolute atomic E-state index is 11.7. The zero-order chi connectivity index (χ0) is 19.4. The number of aromatic nitrogens is 1. The van der Waals surface area contributed by atoms with E-state index < -0.39 is 0 Å². The van der Waals surface area contributed by atoms with Crippen molar-refractivity contribution in [2.24, 2.45) is 0 Å². The van der Waals surface area contributed by atoms with Crippen molar-refractivity contribution in [3.05, 3.63) is 42.2 Å². The first kappa shape index (κ1) is 23.4. The molecule has 0 atom stereocenters.